The minimum Gasteiger partial charge on any atom is -0.481 e. The highest BCUT2D eigenvalue weighted by atomic mass is 16.4. The van der Waals surface area contributed by atoms with Gasteiger partial charge in [-0.2, -0.15) is 0 Å². The number of rotatable bonds is 8. The van der Waals surface area contributed by atoms with Gasteiger partial charge in [-0.1, -0.05) is 36.4 Å². The van der Waals surface area contributed by atoms with Gasteiger partial charge in [-0.15, -0.1) is 0 Å². The van der Waals surface area contributed by atoms with Crippen molar-refractivity contribution in [2.75, 3.05) is 5.32 Å². The Balaban J connectivity index is 1.49. The summed E-state index contributed by atoms with van der Waals surface area (Å²) in [5.74, 6) is -0.416. The molecule has 0 amide bonds. The highest BCUT2D eigenvalue weighted by Gasteiger charge is 2.30. The predicted molar refractivity (Wildman–Crippen MR) is 129 cm³/mol. The van der Waals surface area contributed by atoms with Gasteiger partial charge in [0, 0.05) is 24.1 Å². The van der Waals surface area contributed by atoms with E-state index in [1.54, 1.807) is 32.2 Å². The second kappa shape index (κ2) is 8.86. The molecule has 0 atom stereocenters. The summed E-state index contributed by atoms with van der Waals surface area (Å²) in [4.78, 5) is 33.0. The molecule has 2 aromatic carbocycles. The first-order valence-electron chi connectivity index (χ1n) is 10.8. The largest absolute Gasteiger partial charge is 0.481 e. The van der Waals surface area contributed by atoms with E-state index in [0.717, 1.165) is 40.5 Å². The van der Waals surface area contributed by atoms with E-state index in [0.29, 0.717) is 5.56 Å². The standard InChI is InChI=1S/C26H26N4O3/c1-4-30-22-8-6-5-7-21(22)29-25(30)28-19-13-14-20(27-16-19)17-9-11-18(12-10-17)23(31)15-26(2,3)24(32)33/h5-14,16H,4,15H2,1-3H3,(H,28,29)(H,32,33). The predicted octanol–water partition coefficient (Wildman–Crippen LogP) is 5.55. The molecule has 33 heavy (non-hydrogen) atoms. The number of nitrogens with zero attached hydrogens (tertiary/aromatic N) is 3. The summed E-state index contributed by atoms with van der Waals surface area (Å²) in [5, 5.41) is 12.6. The number of pyridine rings is 1. The van der Waals surface area contributed by atoms with Crippen LogP contribution in [0.3, 0.4) is 0 Å². The van der Waals surface area contributed by atoms with Crippen molar-refractivity contribution in [1.29, 1.82) is 0 Å². The fourth-order valence-electron chi connectivity index (χ4n) is 3.66. The number of hydrogen-bond acceptors (Lipinski definition) is 5. The number of carboxylic acid groups (broad SMARTS) is 1. The number of carboxylic acids is 1. The van der Waals surface area contributed by atoms with Gasteiger partial charge in [0.2, 0.25) is 5.95 Å². The third-order valence-electron chi connectivity index (χ3n) is 5.67. The van der Waals surface area contributed by atoms with Crippen LogP contribution in [0.2, 0.25) is 0 Å². The summed E-state index contributed by atoms with van der Waals surface area (Å²) in [6.45, 7) is 5.98. The van der Waals surface area contributed by atoms with Crippen LogP contribution < -0.4 is 5.32 Å². The minimum atomic E-state index is -1.10. The smallest absolute Gasteiger partial charge is 0.309 e. The average Bonchev–Trinajstić information content (AvgIpc) is 3.16. The Morgan fingerprint density at radius 3 is 2.39 bits per heavy atom. The van der Waals surface area contributed by atoms with Crippen LogP contribution in [0.15, 0.2) is 66.9 Å². The molecular formula is C26H26N4O3. The fraction of sp³-hybridized carbons (Fsp3) is 0.231. The zero-order valence-corrected chi connectivity index (χ0v) is 18.9. The highest BCUT2D eigenvalue weighted by Crippen LogP contribution is 2.26. The number of benzene rings is 2. The van der Waals surface area contributed by atoms with Crippen LogP contribution in [0.5, 0.6) is 0 Å². The third kappa shape index (κ3) is 4.62. The Labute approximate surface area is 192 Å². The summed E-state index contributed by atoms with van der Waals surface area (Å²) in [7, 11) is 0. The maximum Gasteiger partial charge on any atom is 0.309 e. The topological polar surface area (TPSA) is 97.1 Å². The van der Waals surface area contributed by atoms with E-state index in [2.05, 4.69) is 32.8 Å². The van der Waals surface area contributed by atoms with Gasteiger partial charge in [0.05, 0.1) is 34.0 Å². The Kier molecular flexibility index (Phi) is 5.96. The molecule has 7 nitrogen and oxygen atoms in total. The van der Waals surface area contributed by atoms with Gasteiger partial charge in [-0.25, -0.2) is 4.98 Å². The zero-order valence-electron chi connectivity index (χ0n) is 18.9. The number of carbonyl (C=O) groups excluding carboxylic acids is 1. The van der Waals surface area contributed by atoms with Crippen LogP contribution in [-0.2, 0) is 11.3 Å². The number of ketones is 1. The number of fused-ring (bicyclic) bond motifs is 1. The van der Waals surface area contributed by atoms with Gasteiger partial charge in [-0.05, 0) is 45.0 Å². The molecule has 0 aliphatic carbocycles. The first-order valence-corrected chi connectivity index (χ1v) is 10.8. The summed E-state index contributed by atoms with van der Waals surface area (Å²) in [6, 6.07) is 19.0. The first kappa shape index (κ1) is 22.2. The maximum absolute atomic E-state index is 12.5. The van der Waals surface area contributed by atoms with E-state index in [9.17, 15) is 14.7 Å². The molecule has 4 rings (SSSR count). The Bertz CT molecular complexity index is 1310. The number of anilines is 2. The van der Waals surface area contributed by atoms with Crippen LogP contribution in [0.25, 0.3) is 22.3 Å². The van der Waals surface area contributed by atoms with Gasteiger partial charge in [0.15, 0.2) is 5.78 Å². The van der Waals surface area contributed by atoms with E-state index >= 15 is 0 Å². The van der Waals surface area contributed by atoms with E-state index in [4.69, 9.17) is 0 Å². The van der Waals surface area contributed by atoms with Crippen molar-refractivity contribution in [2.24, 2.45) is 5.41 Å². The summed E-state index contributed by atoms with van der Waals surface area (Å²) < 4.78 is 2.12. The molecule has 0 saturated carbocycles. The monoisotopic (exact) mass is 442 g/mol. The molecule has 7 heteroatoms. The SMILES string of the molecule is CCn1c(Nc2ccc(-c3ccc(C(=O)CC(C)(C)C(=O)O)cc3)nc2)nc2ccccc21. The Hall–Kier alpha value is -4.00. The molecule has 4 aromatic rings. The van der Waals surface area contributed by atoms with Gasteiger partial charge >= 0.3 is 5.97 Å². The van der Waals surface area contributed by atoms with Crippen LogP contribution in [-0.4, -0.2) is 31.4 Å². The number of nitrogens with one attached hydrogen (secondary N) is 1. The summed E-state index contributed by atoms with van der Waals surface area (Å²) in [5.41, 5.74) is 3.88. The number of hydrogen-bond donors (Lipinski definition) is 2. The van der Waals surface area contributed by atoms with E-state index in [-0.39, 0.29) is 12.2 Å². The third-order valence-corrected chi connectivity index (χ3v) is 5.67. The number of aliphatic carboxylic acids is 1. The van der Waals surface area contributed by atoms with Crippen molar-refractivity contribution < 1.29 is 14.7 Å². The van der Waals surface area contributed by atoms with Crippen LogP contribution >= 0.6 is 0 Å². The van der Waals surface area contributed by atoms with Crippen molar-refractivity contribution >= 4 is 34.4 Å². The molecule has 0 radical (unpaired) electrons. The number of aryl methyl sites for hydroxylation is 1. The minimum absolute atomic E-state index is 0.0527. The molecule has 0 unspecified atom stereocenters. The van der Waals surface area contributed by atoms with E-state index in [1.165, 1.54) is 0 Å². The highest BCUT2D eigenvalue weighted by molar-refractivity contribution is 5.99. The van der Waals surface area contributed by atoms with Gasteiger partial charge in [0.1, 0.15) is 0 Å². The molecule has 0 aliphatic heterocycles. The lowest BCUT2D eigenvalue weighted by atomic mass is 9.85. The molecule has 0 saturated heterocycles. The van der Waals surface area contributed by atoms with E-state index in [1.807, 2.05) is 42.5 Å². The number of Topliss-reactive ketones (excluding diaryl/α,β-unsaturated/α-hetero) is 1. The van der Waals surface area contributed by atoms with Crippen molar-refractivity contribution in [3.05, 3.63) is 72.4 Å². The molecule has 0 bridgehead atoms. The van der Waals surface area contributed by atoms with Gasteiger partial charge < -0.3 is 15.0 Å². The quantitative estimate of drug-likeness (QED) is 0.348. The molecule has 168 valence electrons. The van der Waals surface area contributed by atoms with Crippen LogP contribution in [0.1, 0.15) is 37.6 Å². The molecule has 2 heterocycles. The van der Waals surface area contributed by atoms with Crippen molar-refractivity contribution in [3.8, 4) is 11.3 Å². The van der Waals surface area contributed by atoms with Gasteiger partial charge in [-0.3, -0.25) is 14.6 Å². The number of para-hydroxylation sites is 2. The fourth-order valence-corrected chi connectivity index (χ4v) is 3.66. The lowest BCUT2D eigenvalue weighted by Gasteiger charge is -2.17. The Morgan fingerprint density at radius 2 is 1.76 bits per heavy atom. The number of carbonyl (C=O) groups is 2. The zero-order chi connectivity index (χ0) is 23.6. The van der Waals surface area contributed by atoms with Crippen molar-refractivity contribution in [3.63, 3.8) is 0 Å². The summed E-state index contributed by atoms with van der Waals surface area (Å²) >= 11 is 0. The molecule has 2 N–H and O–H groups in total. The van der Waals surface area contributed by atoms with Crippen LogP contribution in [0, 0.1) is 5.41 Å². The summed E-state index contributed by atoms with van der Waals surface area (Å²) in [6.07, 6.45) is 1.70. The first-order chi connectivity index (χ1) is 15.8. The molecule has 0 fully saturated rings. The lowest BCUT2D eigenvalue weighted by molar-refractivity contribution is -0.146. The van der Waals surface area contributed by atoms with E-state index < -0.39 is 11.4 Å². The van der Waals surface area contributed by atoms with Gasteiger partial charge in [0.25, 0.3) is 0 Å². The van der Waals surface area contributed by atoms with Crippen LogP contribution in [0.4, 0.5) is 11.6 Å². The number of imidazole rings is 1. The average molecular weight is 443 g/mol. The molecule has 0 aliphatic rings. The van der Waals surface area contributed by atoms with Crippen molar-refractivity contribution in [2.45, 2.75) is 33.7 Å². The molecule has 0 spiro atoms. The number of aromatic nitrogens is 3. The second-order valence-electron chi connectivity index (χ2n) is 8.59. The Morgan fingerprint density at radius 1 is 1.03 bits per heavy atom. The maximum atomic E-state index is 12.5. The molecular weight excluding hydrogens is 416 g/mol. The van der Waals surface area contributed by atoms with Crippen molar-refractivity contribution in [1.82, 2.24) is 14.5 Å². The molecule has 2 aromatic heterocycles. The lowest BCUT2D eigenvalue weighted by Crippen LogP contribution is -2.26. The second-order valence-corrected chi connectivity index (χ2v) is 8.59. The normalized spacial score (nSPS) is 11.5.